The van der Waals surface area contributed by atoms with Crippen molar-refractivity contribution in [2.24, 2.45) is 69.5 Å². The summed E-state index contributed by atoms with van der Waals surface area (Å²) >= 11 is 0. The van der Waals surface area contributed by atoms with Crippen molar-refractivity contribution in [2.45, 2.75) is 134 Å². The van der Waals surface area contributed by atoms with Crippen molar-refractivity contribution in [2.75, 3.05) is 0 Å². The minimum absolute atomic E-state index is 0.166. The lowest BCUT2D eigenvalue weighted by Crippen LogP contribution is -2.55. The number of hydrogen-bond donors (Lipinski definition) is 3. The van der Waals surface area contributed by atoms with Gasteiger partial charge in [-0.3, -0.25) is 14.4 Å². The molecule has 0 radical (unpaired) electrons. The van der Waals surface area contributed by atoms with Crippen molar-refractivity contribution >= 4 is 17.7 Å². The number of carbonyl (C=O) groups excluding carboxylic acids is 3. The van der Waals surface area contributed by atoms with E-state index in [-0.39, 0.29) is 52.1 Å². The van der Waals surface area contributed by atoms with Crippen LogP contribution in [0.4, 0.5) is 0 Å². The standard InChI is InChI=1S/C36H51N3O3/c40-31(34-10-19-1-20(11-34)3-21(2-19)12-34)37-28-29(38-32(41)35-13-22-4-23(14-35)6-24(5-22)15-35)30(28)39-33(42)36-16-25-7-26(17-36)9-27(8-25)18-36/h19-30H,1-18H2,(H,37,40)(H,38,41)(H,39,42). The molecule has 0 heterocycles. The lowest BCUT2D eigenvalue weighted by Gasteiger charge is -2.55. The molecule has 12 bridgehead atoms. The van der Waals surface area contributed by atoms with Crippen LogP contribution in [0.5, 0.6) is 0 Å². The van der Waals surface area contributed by atoms with Gasteiger partial charge in [0.25, 0.3) is 0 Å². The van der Waals surface area contributed by atoms with E-state index in [0.717, 1.165) is 111 Å². The highest BCUT2D eigenvalue weighted by molar-refractivity contribution is 5.88. The lowest BCUT2D eigenvalue weighted by molar-refractivity contribution is -0.147. The van der Waals surface area contributed by atoms with E-state index < -0.39 is 0 Å². The van der Waals surface area contributed by atoms with E-state index in [1.165, 1.54) is 57.8 Å². The van der Waals surface area contributed by atoms with Gasteiger partial charge in [-0.2, -0.15) is 0 Å². The van der Waals surface area contributed by atoms with Crippen LogP contribution >= 0.6 is 0 Å². The average molecular weight is 574 g/mol. The normalized spacial score (nSPS) is 56.9. The van der Waals surface area contributed by atoms with E-state index in [1.54, 1.807) is 0 Å². The van der Waals surface area contributed by atoms with Crippen molar-refractivity contribution in [3.05, 3.63) is 0 Å². The van der Waals surface area contributed by atoms with Gasteiger partial charge in [0.15, 0.2) is 0 Å². The SMILES string of the molecule is O=C(NC1C(NC(=O)C23CC4CC(CC(C4)C2)C3)C1NC(=O)C12CC3CC(CC(C3)C1)C2)C12CC3CC(CC(C3)C1)C2. The molecule has 0 atom stereocenters. The molecule has 13 fully saturated rings. The third kappa shape index (κ3) is 3.77. The van der Waals surface area contributed by atoms with Gasteiger partial charge in [-0.15, -0.1) is 0 Å². The first-order chi connectivity index (χ1) is 20.3. The molecular weight excluding hydrogens is 522 g/mol. The Labute approximate surface area is 251 Å². The molecule has 13 rings (SSSR count). The van der Waals surface area contributed by atoms with Gasteiger partial charge in [0, 0.05) is 16.2 Å². The Morgan fingerprint density at radius 1 is 0.333 bits per heavy atom. The van der Waals surface area contributed by atoms with Gasteiger partial charge >= 0.3 is 0 Å². The van der Waals surface area contributed by atoms with E-state index in [1.807, 2.05) is 0 Å². The first kappa shape index (κ1) is 25.7. The third-order valence-corrected chi connectivity index (χ3v) is 15.5. The second-order valence-electron chi connectivity index (χ2n) is 18.6. The molecule has 6 heteroatoms. The number of amides is 3. The van der Waals surface area contributed by atoms with Gasteiger partial charge in [-0.1, -0.05) is 0 Å². The van der Waals surface area contributed by atoms with Crippen molar-refractivity contribution < 1.29 is 14.4 Å². The summed E-state index contributed by atoms with van der Waals surface area (Å²) in [5.74, 6) is 7.18. The summed E-state index contributed by atoms with van der Waals surface area (Å²) in [5.41, 5.74) is -0.624. The summed E-state index contributed by atoms with van der Waals surface area (Å²) in [6, 6.07) is -0.497. The van der Waals surface area contributed by atoms with Gasteiger partial charge < -0.3 is 16.0 Å². The van der Waals surface area contributed by atoms with Crippen LogP contribution < -0.4 is 16.0 Å². The molecule has 0 saturated heterocycles. The van der Waals surface area contributed by atoms with Crippen LogP contribution in [0.2, 0.25) is 0 Å². The monoisotopic (exact) mass is 573 g/mol. The molecule has 13 aliphatic rings. The summed E-state index contributed by atoms with van der Waals surface area (Å²) < 4.78 is 0. The molecule has 0 aromatic rings. The fourth-order valence-corrected chi connectivity index (χ4v) is 14.9. The van der Waals surface area contributed by atoms with Crippen LogP contribution in [0.15, 0.2) is 0 Å². The van der Waals surface area contributed by atoms with Crippen molar-refractivity contribution in [1.29, 1.82) is 0 Å². The maximum Gasteiger partial charge on any atom is 0.226 e. The van der Waals surface area contributed by atoms with E-state index in [4.69, 9.17) is 0 Å². The van der Waals surface area contributed by atoms with Crippen LogP contribution in [0.3, 0.4) is 0 Å². The Kier molecular flexibility index (Phi) is 5.24. The molecule has 13 saturated carbocycles. The molecule has 228 valence electrons. The van der Waals surface area contributed by atoms with Crippen LogP contribution in [-0.2, 0) is 14.4 Å². The van der Waals surface area contributed by atoms with Crippen molar-refractivity contribution in [3.8, 4) is 0 Å². The number of rotatable bonds is 6. The Bertz CT molecular complexity index is 964. The highest BCUT2D eigenvalue weighted by Gasteiger charge is 2.63. The minimum Gasteiger partial charge on any atom is -0.349 e. The zero-order chi connectivity index (χ0) is 28.0. The Morgan fingerprint density at radius 3 is 0.667 bits per heavy atom. The van der Waals surface area contributed by atoms with E-state index in [9.17, 15) is 14.4 Å². The second kappa shape index (κ2) is 8.56. The summed E-state index contributed by atoms with van der Waals surface area (Å²) in [4.78, 5) is 42.4. The van der Waals surface area contributed by atoms with Gasteiger partial charge in [-0.05, 0) is 169 Å². The molecular formula is C36H51N3O3. The zero-order valence-electron chi connectivity index (χ0n) is 25.4. The molecule has 0 aromatic carbocycles. The maximum absolute atomic E-state index is 14.1. The van der Waals surface area contributed by atoms with Crippen LogP contribution in [0.1, 0.15) is 116 Å². The fourth-order valence-electron chi connectivity index (χ4n) is 14.9. The molecule has 0 unspecified atom stereocenters. The van der Waals surface area contributed by atoms with Crippen LogP contribution in [0.25, 0.3) is 0 Å². The Hall–Kier alpha value is -1.59. The van der Waals surface area contributed by atoms with Crippen molar-refractivity contribution in [1.82, 2.24) is 16.0 Å². The van der Waals surface area contributed by atoms with Crippen molar-refractivity contribution in [3.63, 3.8) is 0 Å². The first-order valence-electron chi connectivity index (χ1n) is 18.2. The zero-order valence-corrected chi connectivity index (χ0v) is 25.4. The predicted octanol–water partition coefficient (Wildman–Crippen LogP) is 5.10. The third-order valence-electron chi connectivity index (χ3n) is 15.5. The predicted molar refractivity (Wildman–Crippen MR) is 158 cm³/mol. The molecule has 6 nitrogen and oxygen atoms in total. The van der Waals surface area contributed by atoms with Gasteiger partial charge in [0.05, 0.1) is 18.1 Å². The number of nitrogens with one attached hydrogen (secondary N) is 3. The number of hydrogen-bond acceptors (Lipinski definition) is 3. The molecule has 0 aromatic heterocycles. The van der Waals surface area contributed by atoms with E-state index >= 15 is 0 Å². The summed E-state index contributed by atoms with van der Waals surface area (Å²) in [6.45, 7) is 0. The highest BCUT2D eigenvalue weighted by atomic mass is 16.2. The molecule has 42 heavy (non-hydrogen) atoms. The smallest absolute Gasteiger partial charge is 0.226 e. The molecule has 13 aliphatic carbocycles. The van der Waals surface area contributed by atoms with Gasteiger partial charge in [-0.25, -0.2) is 0 Å². The van der Waals surface area contributed by atoms with E-state index in [2.05, 4.69) is 16.0 Å². The Morgan fingerprint density at radius 2 is 0.500 bits per heavy atom. The van der Waals surface area contributed by atoms with Crippen LogP contribution in [0, 0.1) is 69.5 Å². The molecule has 0 spiro atoms. The lowest BCUT2D eigenvalue weighted by atomic mass is 9.49. The summed E-state index contributed by atoms with van der Waals surface area (Å²) in [5, 5.41) is 10.5. The molecule has 0 aliphatic heterocycles. The Balaban J connectivity index is 0.888. The van der Waals surface area contributed by atoms with Gasteiger partial charge in [0.1, 0.15) is 0 Å². The first-order valence-corrected chi connectivity index (χ1v) is 18.2. The second-order valence-corrected chi connectivity index (χ2v) is 18.6. The fraction of sp³-hybridized carbons (Fsp3) is 0.917. The quantitative estimate of drug-likeness (QED) is 0.413. The minimum atomic E-state index is -0.208. The molecule has 3 amide bonds. The van der Waals surface area contributed by atoms with Crippen LogP contribution in [-0.4, -0.2) is 35.8 Å². The van der Waals surface area contributed by atoms with Gasteiger partial charge in [0.2, 0.25) is 17.7 Å². The average Bonchev–Trinajstić information content (AvgIpc) is 3.54. The largest absolute Gasteiger partial charge is 0.349 e. The maximum atomic E-state index is 14.1. The molecule has 3 N–H and O–H groups in total. The highest BCUT2D eigenvalue weighted by Crippen LogP contribution is 2.62. The summed E-state index contributed by atoms with van der Waals surface area (Å²) in [6.07, 6.45) is 21.3. The van der Waals surface area contributed by atoms with E-state index in [0.29, 0.717) is 0 Å². The topological polar surface area (TPSA) is 87.3 Å². The summed E-state index contributed by atoms with van der Waals surface area (Å²) in [7, 11) is 0. The number of carbonyl (C=O) groups is 3.